The van der Waals surface area contributed by atoms with Gasteiger partial charge in [-0.25, -0.2) is 0 Å². The number of likely N-dealkylation sites (tertiary alicyclic amines) is 1. The molecule has 1 aromatic carbocycles. The third-order valence-corrected chi connectivity index (χ3v) is 9.24. The zero-order valence-corrected chi connectivity index (χ0v) is 22.4. The Morgan fingerprint density at radius 2 is 1.92 bits per heavy atom. The Morgan fingerprint density at radius 1 is 1.13 bits per heavy atom. The second kappa shape index (κ2) is 9.92. The molecule has 4 aliphatic rings. The van der Waals surface area contributed by atoms with Crippen LogP contribution in [0.15, 0.2) is 24.3 Å². The van der Waals surface area contributed by atoms with Gasteiger partial charge in [0.1, 0.15) is 17.5 Å². The average Bonchev–Trinajstić information content (AvgIpc) is 3.80. The van der Waals surface area contributed by atoms with E-state index in [1.807, 2.05) is 31.2 Å². The summed E-state index contributed by atoms with van der Waals surface area (Å²) in [6, 6.07) is 5.85. The highest BCUT2D eigenvalue weighted by molar-refractivity contribution is 6.38. The number of ketones is 2. The van der Waals surface area contributed by atoms with Crippen molar-refractivity contribution in [2.75, 3.05) is 6.54 Å². The number of carbonyl (C=O) groups is 5. The number of fused-ring (bicyclic) bond motifs is 1. The standard InChI is InChI=1S/C30H36N4O5/c1-17-4-2-6-21-20(17)15-23(32-21)29(39)34-13-12-30(10-11-30)16-24(34)27(37)33-22(14-18-5-3-7-25(18)35)26(36)28(38)31-19-8-9-19/h2,4,6,15,18-19,22,24,32H,3,5,7-14,16H2,1H3,(H,31,38)(H,33,37)/t18-,22-,24-/m0/s1. The van der Waals surface area contributed by atoms with Crippen LogP contribution in [0.2, 0.25) is 0 Å². The largest absolute Gasteiger partial charge is 0.351 e. The van der Waals surface area contributed by atoms with Crippen LogP contribution in [0, 0.1) is 18.3 Å². The van der Waals surface area contributed by atoms with Crippen molar-refractivity contribution in [3.8, 4) is 0 Å². The van der Waals surface area contributed by atoms with E-state index in [1.165, 1.54) is 0 Å². The summed E-state index contributed by atoms with van der Waals surface area (Å²) in [6.07, 6.45) is 7.08. The van der Waals surface area contributed by atoms with Crippen LogP contribution in [-0.2, 0) is 19.2 Å². The maximum atomic E-state index is 13.8. The molecule has 9 heteroatoms. The first kappa shape index (κ1) is 25.8. The molecule has 1 aliphatic heterocycles. The summed E-state index contributed by atoms with van der Waals surface area (Å²) in [7, 11) is 0. The molecule has 3 amide bonds. The Bertz CT molecular complexity index is 1350. The van der Waals surface area contributed by atoms with Crippen molar-refractivity contribution in [2.24, 2.45) is 11.3 Å². The number of Topliss-reactive ketones (excluding diaryl/α,β-unsaturated/α-hetero) is 2. The third-order valence-electron chi connectivity index (χ3n) is 9.24. The van der Waals surface area contributed by atoms with Gasteiger partial charge in [-0.05, 0) is 87.8 Å². The quantitative estimate of drug-likeness (QED) is 0.451. The second-order valence-corrected chi connectivity index (χ2v) is 12.2. The number of carbonyl (C=O) groups excluding carboxylic acids is 5. The Morgan fingerprint density at radius 3 is 2.59 bits per heavy atom. The van der Waals surface area contributed by atoms with Crippen molar-refractivity contribution in [3.05, 3.63) is 35.5 Å². The number of benzene rings is 1. The van der Waals surface area contributed by atoms with Gasteiger partial charge in [0.2, 0.25) is 11.7 Å². The number of amides is 3. The van der Waals surface area contributed by atoms with E-state index in [2.05, 4.69) is 15.6 Å². The van der Waals surface area contributed by atoms with Crippen LogP contribution in [0.25, 0.3) is 10.9 Å². The molecule has 1 aromatic heterocycles. The molecule has 0 unspecified atom stereocenters. The van der Waals surface area contributed by atoms with E-state index in [0.29, 0.717) is 31.5 Å². The van der Waals surface area contributed by atoms with Gasteiger partial charge >= 0.3 is 0 Å². The monoisotopic (exact) mass is 532 g/mol. The summed E-state index contributed by atoms with van der Waals surface area (Å²) in [6.45, 7) is 2.44. The van der Waals surface area contributed by atoms with E-state index < -0.39 is 29.7 Å². The minimum Gasteiger partial charge on any atom is -0.351 e. The van der Waals surface area contributed by atoms with Gasteiger partial charge in [-0.3, -0.25) is 24.0 Å². The van der Waals surface area contributed by atoms with Gasteiger partial charge in [0.25, 0.3) is 11.8 Å². The van der Waals surface area contributed by atoms with Crippen molar-refractivity contribution >= 4 is 40.2 Å². The number of rotatable bonds is 8. The van der Waals surface area contributed by atoms with Crippen LogP contribution in [-0.4, -0.2) is 63.8 Å². The third kappa shape index (κ3) is 5.23. The van der Waals surface area contributed by atoms with E-state index in [9.17, 15) is 24.0 Å². The van der Waals surface area contributed by atoms with E-state index in [1.54, 1.807) is 4.90 Å². The minimum absolute atomic E-state index is 0.00652. The van der Waals surface area contributed by atoms with Crippen molar-refractivity contribution in [3.63, 3.8) is 0 Å². The van der Waals surface area contributed by atoms with Crippen molar-refractivity contribution in [1.29, 1.82) is 0 Å². The summed E-state index contributed by atoms with van der Waals surface area (Å²) < 4.78 is 0. The van der Waals surface area contributed by atoms with E-state index in [4.69, 9.17) is 0 Å². The molecule has 1 saturated heterocycles. The van der Waals surface area contributed by atoms with Gasteiger partial charge in [0.05, 0.1) is 6.04 Å². The van der Waals surface area contributed by atoms with Gasteiger partial charge in [-0.15, -0.1) is 0 Å². The SMILES string of the molecule is Cc1cccc2[nH]c(C(=O)N3CCC4(CC4)C[C@H]3C(=O)N[C@@H](C[C@@H]3CCCC3=O)C(=O)C(=O)NC3CC3)cc12. The number of aromatic nitrogens is 1. The van der Waals surface area contributed by atoms with Crippen LogP contribution in [0.1, 0.15) is 80.3 Å². The summed E-state index contributed by atoms with van der Waals surface area (Å²) in [4.78, 5) is 70.7. The van der Waals surface area contributed by atoms with Gasteiger partial charge in [0, 0.05) is 35.8 Å². The maximum Gasteiger partial charge on any atom is 0.289 e. The average molecular weight is 533 g/mol. The summed E-state index contributed by atoms with van der Waals surface area (Å²) >= 11 is 0. The Labute approximate surface area is 227 Å². The molecule has 39 heavy (non-hydrogen) atoms. The Balaban J connectivity index is 1.24. The number of piperidine rings is 1. The van der Waals surface area contributed by atoms with Crippen LogP contribution < -0.4 is 10.6 Å². The van der Waals surface area contributed by atoms with Crippen LogP contribution in [0.3, 0.4) is 0 Å². The van der Waals surface area contributed by atoms with Crippen molar-refractivity contribution in [1.82, 2.24) is 20.5 Å². The molecule has 2 heterocycles. The lowest BCUT2D eigenvalue weighted by Gasteiger charge is -2.39. The molecular formula is C30H36N4O5. The molecule has 0 radical (unpaired) electrons. The van der Waals surface area contributed by atoms with E-state index in [-0.39, 0.29) is 35.5 Å². The zero-order valence-electron chi connectivity index (χ0n) is 22.4. The number of hydrogen-bond donors (Lipinski definition) is 3. The van der Waals surface area contributed by atoms with Crippen LogP contribution in [0.4, 0.5) is 0 Å². The number of aryl methyl sites for hydroxylation is 1. The first-order valence-corrected chi connectivity index (χ1v) is 14.3. The first-order valence-electron chi connectivity index (χ1n) is 14.3. The number of aromatic amines is 1. The molecule has 2 aromatic rings. The minimum atomic E-state index is -1.09. The molecule has 0 bridgehead atoms. The molecule has 3 aliphatic carbocycles. The summed E-state index contributed by atoms with van der Waals surface area (Å²) in [5, 5.41) is 6.52. The topological polar surface area (TPSA) is 128 Å². The smallest absolute Gasteiger partial charge is 0.289 e. The van der Waals surface area contributed by atoms with Crippen molar-refractivity contribution in [2.45, 2.75) is 89.3 Å². The molecule has 6 rings (SSSR count). The van der Waals surface area contributed by atoms with Crippen LogP contribution >= 0.6 is 0 Å². The number of H-pyrrole nitrogens is 1. The molecule has 3 atom stereocenters. The van der Waals surface area contributed by atoms with Gasteiger partial charge in [0.15, 0.2) is 0 Å². The molecule has 3 N–H and O–H groups in total. The fourth-order valence-corrected chi connectivity index (χ4v) is 6.38. The molecule has 3 saturated carbocycles. The lowest BCUT2D eigenvalue weighted by Crippen LogP contribution is -2.58. The number of hydrogen-bond acceptors (Lipinski definition) is 5. The van der Waals surface area contributed by atoms with Gasteiger partial charge in [-0.2, -0.15) is 0 Å². The number of nitrogens with one attached hydrogen (secondary N) is 3. The predicted octanol–water partition coefficient (Wildman–Crippen LogP) is 2.95. The number of nitrogens with zero attached hydrogens (tertiary/aromatic N) is 1. The van der Waals surface area contributed by atoms with Crippen molar-refractivity contribution < 1.29 is 24.0 Å². The molecule has 1 spiro atoms. The lowest BCUT2D eigenvalue weighted by atomic mass is 9.86. The molecule has 9 nitrogen and oxygen atoms in total. The van der Waals surface area contributed by atoms with Gasteiger partial charge in [-0.1, -0.05) is 12.1 Å². The Hall–Kier alpha value is -3.49. The lowest BCUT2D eigenvalue weighted by molar-refractivity contribution is -0.141. The zero-order chi connectivity index (χ0) is 27.3. The Kier molecular flexibility index (Phi) is 6.55. The fourth-order valence-electron chi connectivity index (χ4n) is 6.38. The van der Waals surface area contributed by atoms with Crippen LogP contribution in [0.5, 0.6) is 0 Å². The highest BCUT2D eigenvalue weighted by atomic mass is 16.2. The van der Waals surface area contributed by atoms with E-state index >= 15 is 0 Å². The predicted molar refractivity (Wildman–Crippen MR) is 144 cm³/mol. The highest BCUT2D eigenvalue weighted by Gasteiger charge is 2.51. The molecular weight excluding hydrogens is 496 g/mol. The highest BCUT2D eigenvalue weighted by Crippen LogP contribution is 2.55. The fraction of sp³-hybridized carbons (Fsp3) is 0.567. The molecule has 4 fully saturated rings. The maximum absolute atomic E-state index is 13.8. The first-order chi connectivity index (χ1) is 18.7. The normalized spacial score (nSPS) is 24.5. The second-order valence-electron chi connectivity index (χ2n) is 12.2. The summed E-state index contributed by atoms with van der Waals surface area (Å²) in [5.41, 5.74) is 2.40. The van der Waals surface area contributed by atoms with Gasteiger partial charge < -0.3 is 20.5 Å². The summed E-state index contributed by atoms with van der Waals surface area (Å²) in [5.74, 6) is -2.37. The van der Waals surface area contributed by atoms with E-state index in [0.717, 1.165) is 55.0 Å². The molecule has 206 valence electrons.